The van der Waals surface area contributed by atoms with Gasteiger partial charge in [-0.1, -0.05) is 47.1 Å². The van der Waals surface area contributed by atoms with Gasteiger partial charge in [-0.05, 0) is 23.8 Å². The molecule has 0 fully saturated rings. The lowest BCUT2D eigenvalue weighted by Crippen LogP contribution is -2.40. The van der Waals surface area contributed by atoms with Gasteiger partial charge in [-0.25, -0.2) is 4.68 Å². The smallest absolute Gasteiger partial charge is 0.320 e. The zero-order valence-corrected chi connectivity index (χ0v) is 16.9. The molecule has 4 aromatic rings. The molecule has 0 aliphatic carbocycles. The van der Waals surface area contributed by atoms with E-state index in [1.165, 1.54) is 28.6 Å². The van der Waals surface area contributed by atoms with Crippen LogP contribution >= 0.6 is 11.6 Å². The van der Waals surface area contributed by atoms with Gasteiger partial charge in [-0.3, -0.25) is 14.2 Å². The summed E-state index contributed by atoms with van der Waals surface area (Å²) in [4.78, 5) is 25.2. The highest BCUT2D eigenvalue weighted by molar-refractivity contribution is 6.32. The Kier molecular flexibility index (Phi) is 5.49. The molecule has 8 nitrogen and oxygen atoms in total. The fraction of sp³-hybridized carbons (Fsp3) is 0.143. The van der Waals surface area contributed by atoms with Crippen LogP contribution in [0.4, 0.5) is 0 Å². The Labute approximate surface area is 176 Å². The summed E-state index contributed by atoms with van der Waals surface area (Å²) in [6.07, 6.45) is 4.82. The van der Waals surface area contributed by atoms with Crippen molar-refractivity contribution in [3.05, 3.63) is 104 Å². The van der Waals surface area contributed by atoms with Crippen molar-refractivity contribution in [3.63, 3.8) is 0 Å². The first-order chi connectivity index (χ1) is 14.5. The van der Waals surface area contributed by atoms with E-state index in [1.807, 2.05) is 30.3 Å². The van der Waals surface area contributed by atoms with E-state index >= 15 is 0 Å². The van der Waals surface area contributed by atoms with E-state index in [9.17, 15) is 9.59 Å². The van der Waals surface area contributed by atoms with E-state index in [4.69, 9.17) is 16.3 Å². The molecule has 30 heavy (non-hydrogen) atoms. The predicted octanol–water partition coefficient (Wildman–Crippen LogP) is 2.35. The minimum Gasteiger partial charge on any atom is -0.495 e. The van der Waals surface area contributed by atoms with Crippen molar-refractivity contribution in [1.29, 1.82) is 0 Å². The highest BCUT2D eigenvalue weighted by atomic mass is 35.5. The second kappa shape index (κ2) is 8.38. The first kappa shape index (κ1) is 19.7. The highest BCUT2D eigenvalue weighted by Crippen LogP contribution is 2.25. The van der Waals surface area contributed by atoms with Crippen molar-refractivity contribution in [2.45, 2.75) is 13.1 Å². The predicted molar refractivity (Wildman–Crippen MR) is 113 cm³/mol. The molecule has 9 heteroatoms. The summed E-state index contributed by atoms with van der Waals surface area (Å²) >= 11 is 6.13. The summed E-state index contributed by atoms with van der Waals surface area (Å²) in [5.41, 5.74) is 0.797. The Bertz CT molecular complexity index is 1290. The lowest BCUT2D eigenvalue weighted by Gasteiger charge is -2.10. The lowest BCUT2D eigenvalue weighted by molar-refractivity contribution is 0.415. The van der Waals surface area contributed by atoms with Gasteiger partial charge in [0.05, 0.1) is 37.1 Å². The Morgan fingerprint density at radius 3 is 2.53 bits per heavy atom. The van der Waals surface area contributed by atoms with Crippen LogP contribution in [0.25, 0.3) is 5.69 Å². The number of ether oxygens (including phenoxy) is 1. The SMILES string of the molecule is COc1ccc(-n2ccn(Cc3cn(Cc4ccccc4)nn3)c(=O)c2=O)cc1Cl. The lowest BCUT2D eigenvalue weighted by atomic mass is 10.2. The minimum atomic E-state index is -0.685. The standard InChI is InChI=1S/C21H18ClN5O3/c1-30-19-8-7-17(11-18(19)22)27-10-9-25(20(28)21(27)29)13-16-14-26(24-23-16)12-15-5-3-2-4-6-15/h2-11,14H,12-13H2,1H3. The van der Waals surface area contributed by atoms with Gasteiger partial charge in [0.1, 0.15) is 11.4 Å². The van der Waals surface area contributed by atoms with Crippen molar-refractivity contribution in [2.75, 3.05) is 7.11 Å². The molecule has 2 heterocycles. The van der Waals surface area contributed by atoms with Crippen LogP contribution < -0.4 is 15.9 Å². The average Bonchev–Trinajstić information content (AvgIpc) is 3.19. The zero-order chi connectivity index (χ0) is 21.1. The van der Waals surface area contributed by atoms with Crippen molar-refractivity contribution >= 4 is 11.6 Å². The van der Waals surface area contributed by atoms with Crippen LogP contribution in [-0.2, 0) is 13.1 Å². The summed E-state index contributed by atoms with van der Waals surface area (Å²) in [6, 6.07) is 14.7. The molecule has 0 aliphatic rings. The van der Waals surface area contributed by atoms with Crippen LogP contribution in [0.2, 0.25) is 5.02 Å². The maximum atomic E-state index is 12.6. The first-order valence-corrected chi connectivity index (χ1v) is 9.52. The maximum Gasteiger partial charge on any atom is 0.320 e. The van der Waals surface area contributed by atoms with Crippen molar-refractivity contribution < 1.29 is 4.74 Å². The summed E-state index contributed by atoms with van der Waals surface area (Å²) in [5, 5.41) is 8.54. The Balaban J connectivity index is 1.57. The van der Waals surface area contributed by atoms with E-state index in [2.05, 4.69) is 10.3 Å². The van der Waals surface area contributed by atoms with Crippen LogP contribution in [-0.4, -0.2) is 31.2 Å². The molecule has 2 aromatic carbocycles. The van der Waals surface area contributed by atoms with Gasteiger partial charge >= 0.3 is 11.1 Å². The summed E-state index contributed by atoms with van der Waals surface area (Å²) in [6.45, 7) is 0.718. The number of nitrogens with zero attached hydrogens (tertiary/aromatic N) is 5. The van der Waals surface area contributed by atoms with Crippen molar-refractivity contribution in [3.8, 4) is 11.4 Å². The van der Waals surface area contributed by atoms with E-state index in [-0.39, 0.29) is 6.54 Å². The summed E-state index contributed by atoms with van der Waals surface area (Å²) < 4.78 is 9.36. The molecule has 0 aliphatic heterocycles. The van der Waals surface area contributed by atoms with Crippen molar-refractivity contribution in [1.82, 2.24) is 24.1 Å². The number of methoxy groups -OCH3 is 1. The topological polar surface area (TPSA) is 83.9 Å². The molecule has 152 valence electrons. The van der Waals surface area contributed by atoms with Crippen LogP contribution in [0, 0.1) is 0 Å². The highest BCUT2D eigenvalue weighted by Gasteiger charge is 2.11. The monoisotopic (exact) mass is 423 g/mol. The van der Waals surface area contributed by atoms with Crippen LogP contribution in [0.1, 0.15) is 11.3 Å². The fourth-order valence-electron chi connectivity index (χ4n) is 3.07. The van der Waals surface area contributed by atoms with Crippen LogP contribution in [0.15, 0.2) is 76.7 Å². The second-order valence-corrected chi connectivity index (χ2v) is 7.03. The Morgan fingerprint density at radius 2 is 1.80 bits per heavy atom. The molecule has 0 saturated carbocycles. The number of benzene rings is 2. The maximum absolute atomic E-state index is 12.6. The van der Waals surface area contributed by atoms with E-state index in [0.717, 1.165) is 5.56 Å². The van der Waals surface area contributed by atoms with Crippen LogP contribution in [0.3, 0.4) is 0 Å². The molecule has 0 radical (unpaired) electrons. The third-order valence-corrected chi connectivity index (χ3v) is 4.87. The molecule has 0 saturated heterocycles. The van der Waals surface area contributed by atoms with Gasteiger partial charge in [0.2, 0.25) is 0 Å². The molecular weight excluding hydrogens is 406 g/mol. The van der Waals surface area contributed by atoms with Gasteiger partial charge < -0.3 is 9.30 Å². The molecule has 0 atom stereocenters. The van der Waals surface area contributed by atoms with Gasteiger partial charge in [-0.15, -0.1) is 5.10 Å². The largest absolute Gasteiger partial charge is 0.495 e. The molecular formula is C21H18ClN5O3. The normalized spacial score (nSPS) is 10.9. The Hall–Kier alpha value is -3.65. The molecule has 4 rings (SSSR count). The number of rotatable bonds is 6. The minimum absolute atomic E-state index is 0.146. The fourth-order valence-corrected chi connectivity index (χ4v) is 3.33. The quantitative estimate of drug-likeness (QED) is 0.444. The average molecular weight is 424 g/mol. The summed E-state index contributed by atoms with van der Waals surface area (Å²) in [5.74, 6) is 0.486. The number of aromatic nitrogens is 5. The molecule has 0 amide bonds. The van der Waals surface area contributed by atoms with E-state index in [1.54, 1.807) is 29.1 Å². The zero-order valence-electron chi connectivity index (χ0n) is 16.1. The van der Waals surface area contributed by atoms with Gasteiger partial charge in [0.15, 0.2) is 0 Å². The van der Waals surface area contributed by atoms with E-state index < -0.39 is 11.1 Å². The molecule has 0 N–H and O–H groups in total. The molecule has 0 unspecified atom stereocenters. The first-order valence-electron chi connectivity index (χ1n) is 9.14. The Morgan fingerprint density at radius 1 is 1.00 bits per heavy atom. The number of hydrogen-bond acceptors (Lipinski definition) is 5. The van der Waals surface area contributed by atoms with E-state index in [0.29, 0.717) is 28.7 Å². The molecule has 0 bridgehead atoms. The van der Waals surface area contributed by atoms with Crippen LogP contribution in [0.5, 0.6) is 5.75 Å². The second-order valence-electron chi connectivity index (χ2n) is 6.62. The van der Waals surface area contributed by atoms with Gasteiger partial charge in [0.25, 0.3) is 0 Å². The van der Waals surface area contributed by atoms with Gasteiger partial charge in [-0.2, -0.15) is 0 Å². The number of halogens is 1. The third-order valence-electron chi connectivity index (χ3n) is 4.58. The van der Waals surface area contributed by atoms with Gasteiger partial charge in [0, 0.05) is 12.4 Å². The summed E-state index contributed by atoms with van der Waals surface area (Å²) in [7, 11) is 1.50. The molecule has 2 aromatic heterocycles. The molecule has 0 spiro atoms. The third kappa shape index (κ3) is 4.04. The number of hydrogen-bond donors (Lipinski definition) is 0. The van der Waals surface area contributed by atoms with Crippen molar-refractivity contribution in [2.24, 2.45) is 0 Å².